The summed E-state index contributed by atoms with van der Waals surface area (Å²) in [4.78, 5) is 0. The Morgan fingerprint density at radius 2 is 1.36 bits per heavy atom. The summed E-state index contributed by atoms with van der Waals surface area (Å²) in [5, 5.41) is 10.4. The van der Waals surface area contributed by atoms with Crippen LogP contribution in [-0.4, -0.2) is 21.2 Å². The lowest BCUT2D eigenvalue weighted by Crippen LogP contribution is -2.35. The van der Waals surface area contributed by atoms with Crippen molar-refractivity contribution in [2.45, 2.75) is 64.6 Å². The summed E-state index contributed by atoms with van der Waals surface area (Å²) in [7, 11) is 0. The third kappa shape index (κ3) is 5.26. The number of aliphatic hydroxyl groups is 1. The van der Waals surface area contributed by atoms with E-state index < -0.39 is 0 Å². The van der Waals surface area contributed by atoms with Crippen LogP contribution in [0.4, 0.5) is 0 Å². The van der Waals surface area contributed by atoms with E-state index in [1.807, 2.05) is 11.8 Å². The van der Waals surface area contributed by atoms with Gasteiger partial charge in [0.25, 0.3) is 0 Å². The number of hydrogen-bond acceptors (Lipinski definition) is 2. The summed E-state index contributed by atoms with van der Waals surface area (Å²) in [5.74, 6) is 0.869. The smallest absolute Gasteiger partial charge is 0.0684 e. The fourth-order valence-corrected chi connectivity index (χ4v) is 2.93. The van der Waals surface area contributed by atoms with Crippen LogP contribution in [0.1, 0.15) is 48.5 Å². The number of aliphatic hydroxyl groups excluding tert-OH is 1. The van der Waals surface area contributed by atoms with Gasteiger partial charge in [-0.15, -0.1) is 11.8 Å². The van der Waals surface area contributed by atoms with Crippen molar-refractivity contribution < 1.29 is 5.11 Å². The molecule has 0 heterocycles. The molecule has 1 nitrogen and oxygen atoms in total. The van der Waals surface area contributed by atoms with Crippen LogP contribution in [0.3, 0.4) is 0 Å². The monoisotopic (exact) mass is 218 g/mol. The normalized spacial score (nSPS) is 17.6. The molecule has 2 atom stereocenters. The second-order valence-corrected chi connectivity index (χ2v) is 7.68. The highest BCUT2D eigenvalue weighted by atomic mass is 32.2. The van der Waals surface area contributed by atoms with E-state index in [9.17, 15) is 5.11 Å². The summed E-state index contributed by atoms with van der Waals surface area (Å²) in [6, 6.07) is 0. The van der Waals surface area contributed by atoms with Gasteiger partial charge in [-0.25, -0.2) is 0 Å². The SMILES string of the molecule is CC(C)C(O)[C@H](SC(C)(C)C)C(C)C. The van der Waals surface area contributed by atoms with Crippen LogP contribution in [0.2, 0.25) is 0 Å². The third-order valence-corrected chi connectivity index (χ3v) is 3.97. The largest absolute Gasteiger partial charge is 0.392 e. The summed E-state index contributed by atoms with van der Waals surface area (Å²) < 4.78 is 0.227. The fourth-order valence-electron chi connectivity index (χ4n) is 1.39. The van der Waals surface area contributed by atoms with Crippen LogP contribution in [-0.2, 0) is 0 Å². The van der Waals surface area contributed by atoms with Crippen LogP contribution in [0.5, 0.6) is 0 Å². The van der Waals surface area contributed by atoms with Gasteiger partial charge in [0, 0.05) is 10.00 Å². The van der Waals surface area contributed by atoms with E-state index in [-0.39, 0.29) is 10.9 Å². The van der Waals surface area contributed by atoms with Crippen molar-refractivity contribution in [3.8, 4) is 0 Å². The Morgan fingerprint density at radius 1 is 0.929 bits per heavy atom. The van der Waals surface area contributed by atoms with E-state index in [0.717, 1.165) is 0 Å². The van der Waals surface area contributed by atoms with Crippen molar-refractivity contribution in [1.82, 2.24) is 0 Å². The molecule has 0 spiro atoms. The van der Waals surface area contributed by atoms with Gasteiger partial charge in [0.2, 0.25) is 0 Å². The van der Waals surface area contributed by atoms with Crippen LogP contribution in [0.15, 0.2) is 0 Å². The molecule has 0 aliphatic heterocycles. The van der Waals surface area contributed by atoms with Crippen molar-refractivity contribution in [1.29, 1.82) is 0 Å². The minimum atomic E-state index is -0.195. The molecule has 0 bridgehead atoms. The van der Waals surface area contributed by atoms with E-state index >= 15 is 0 Å². The van der Waals surface area contributed by atoms with E-state index in [1.54, 1.807) is 0 Å². The third-order valence-electron chi connectivity index (χ3n) is 2.17. The zero-order valence-electron chi connectivity index (χ0n) is 10.7. The van der Waals surface area contributed by atoms with Gasteiger partial charge in [-0.05, 0) is 11.8 Å². The van der Waals surface area contributed by atoms with E-state index in [1.165, 1.54) is 0 Å². The van der Waals surface area contributed by atoms with E-state index in [2.05, 4.69) is 48.5 Å². The molecular weight excluding hydrogens is 192 g/mol. The molecule has 0 aliphatic rings. The lowest BCUT2D eigenvalue weighted by molar-refractivity contribution is 0.109. The Kier molecular flexibility index (Phi) is 5.53. The first-order valence-corrected chi connectivity index (χ1v) is 6.39. The minimum absolute atomic E-state index is 0.195. The van der Waals surface area contributed by atoms with Gasteiger partial charge in [-0.3, -0.25) is 0 Å². The van der Waals surface area contributed by atoms with Gasteiger partial charge in [0.1, 0.15) is 0 Å². The van der Waals surface area contributed by atoms with Crippen molar-refractivity contribution in [2.75, 3.05) is 0 Å². The van der Waals surface area contributed by atoms with Gasteiger partial charge < -0.3 is 5.11 Å². The molecule has 0 fully saturated rings. The molecule has 0 radical (unpaired) electrons. The van der Waals surface area contributed by atoms with Crippen molar-refractivity contribution in [2.24, 2.45) is 11.8 Å². The van der Waals surface area contributed by atoms with E-state index in [4.69, 9.17) is 0 Å². The van der Waals surface area contributed by atoms with Gasteiger partial charge in [-0.2, -0.15) is 0 Å². The molecule has 0 amide bonds. The molecular formula is C12H26OS. The van der Waals surface area contributed by atoms with Gasteiger partial charge in [0.05, 0.1) is 6.10 Å². The maximum atomic E-state index is 10.1. The topological polar surface area (TPSA) is 20.2 Å². The average Bonchev–Trinajstić information content (AvgIpc) is 1.96. The Morgan fingerprint density at radius 3 is 1.57 bits per heavy atom. The first kappa shape index (κ1) is 14.3. The summed E-state index contributed by atoms with van der Waals surface area (Å²) in [6.07, 6.45) is -0.195. The first-order chi connectivity index (χ1) is 6.15. The lowest BCUT2D eigenvalue weighted by Gasteiger charge is -2.33. The molecule has 0 saturated carbocycles. The maximum absolute atomic E-state index is 10.1. The molecule has 2 heteroatoms. The maximum Gasteiger partial charge on any atom is 0.0684 e. The van der Waals surface area contributed by atoms with Gasteiger partial charge in [0.15, 0.2) is 0 Å². The van der Waals surface area contributed by atoms with Crippen LogP contribution < -0.4 is 0 Å². The second-order valence-electron chi connectivity index (χ2n) is 5.67. The molecule has 0 saturated heterocycles. The molecule has 1 unspecified atom stereocenters. The van der Waals surface area contributed by atoms with Crippen molar-refractivity contribution in [3.05, 3.63) is 0 Å². The molecule has 0 aromatic rings. The molecule has 0 aromatic heterocycles. The van der Waals surface area contributed by atoms with Gasteiger partial charge >= 0.3 is 0 Å². The molecule has 86 valence electrons. The predicted molar refractivity (Wildman–Crippen MR) is 66.8 cm³/mol. The molecule has 1 N–H and O–H groups in total. The van der Waals surface area contributed by atoms with Crippen LogP contribution in [0.25, 0.3) is 0 Å². The lowest BCUT2D eigenvalue weighted by atomic mass is 9.97. The number of hydrogen-bond donors (Lipinski definition) is 1. The van der Waals surface area contributed by atoms with Crippen molar-refractivity contribution >= 4 is 11.8 Å². The van der Waals surface area contributed by atoms with Crippen LogP contribution >= 0.6 is 11.8 Å². The molecule has 0 aliphatic carbocycles. The predicted octanol–water partition coefficient (Wildman–Crippen LogP) is 3.56. The Balaban J connectivity index is 4.45. The average molecular weight is 218 g/mol. The molecule has 0 aromatic carbocycles. The van der Waals surface area contributed by atoms with E-state index in [0.29, 0.717) is 17.1 Å². The molecule has 0 rings (SSSR count). The summed E-state index contributed by atoms with van der Waals surface area (Å²) in [6.45, 7) is 15.2. The highest BCUT2D eigenvalue weighted by Gasteiger charge is 2.29. The van der Waals surface area contributed by atoms with Crippen molar-refractivity contribution in [3.63, 3.8) is 0 Å². The quantitative estimate of drug-likeness (QED) is 0.778. The fraction of sp³-hybridized carbons (Fsp3) is 1.00. The Hall–Kier alpha value is 0.310. The van der Waals surface area contributed by atoms with Crippen LogP contribution in [0, 0.1) is 11.8 Å². The second kappa shape index (κ2) is 5.41. The van der Waals surface area contributed by atoms with Gasteiger partial charge in [-0.1, -0.05) is 48.5 Å². The first-order valence-electron chi connectivity index (χ1n) is 5.51. The summed E-state index contributed by atoms with van der Waals surface area (Å²) in [5.41, 5.74) is 0. The standard InChI is InChI=1S/C12H26OS/c1-8(2)10(13)11(9(3)4)14-12(5,6)7/h8-11,13H,1-7H3/t10?,11-/m1/s1. The Labute approximate surface area is 93.7 Å². The highest BCUT2D eigenvalue weighted by Crippen LogP contribution is 2.35. The molecule has 14 heavy (non-hydrogen) atoms. The summed E-state index contributed by atoms with van der Waals surface area (Å²) >= 11 is 1.90. The zero-order chi connectivity index (χ0) is 11.5. The highest BCUT2D eigenvalue weighted by molar-refractivity contribution is 8.01. The zero-order valence-corrected chi connectivity index (χ0v) is 11.5. The Bertz CT molecular complexity index is 158. The minimum Gasteiger partial charge on any atom is -0.392 e. The number of rotatable bonds is 4. The number of thioether (sulfide) groups is 1.